The van der Waals surface area contributed by atoms with Gasteiger partial charge < -0.3 is 0 Å². The van der Waals surface area contributed by atoms with Gasteiger partial charge in [-0.2, -0.15) is 0 Å². The molecule has 0 unspecified atom stereocenters. The lowest BCUT2D eigenvalue weighted by molar-refractivity contribution is 0.112. The third kappa shape index (κ3) is 2.49. The Morgan fingerprint density at radius 1 is 1.46 bits per heavy atom. The minimum absolute atomic E-state index is 0.344. The first-order valence-corrected chi connectivity index (χ1v) is 4.88. The van der Waals surface area contributed by atoms with E-state index in [-0.39, 0.29) is 5.82 Å². The molecule has 1 nitrogen and oxygen atoms in total. The van der Waals surface area contributed by atoms with Crippen molar-refractivity contribution in [1.29, 1.82) is 0 Å². The first-order valence-electron chi connectivity index (χ1n) is 3.75. The summed E-state index contributed by atoms with van der Waals surface area (Å²) in [6.07, 6.45) is 3.98. The molecule has 0 saturated carbocycles. The maximum absolute atomic E-state index is 13.1. The van der Waals surface area contributed by atoms with E-state index in [4.69, 9.17) is 0 Å². The van der Waals surface area contributed by atoms with Gasteiger partial charge in [-0.05, 0) is 6.07 Å². The summed E-state index contributed by atoms with van der Waals surface area (Å²) in [5.74, 6) is -0.373. The van der Waals surface area contributed by atoms with E-state index in [9.17, 15) is 9.18 Å². The first-order chi connectivity index (χ1) is 6.29. The van der Waals surface area contributed by atoms with Crippen LogP contribution in [0.25, 0.3) is 6.08 Å². The van der Waals surface area contributed by atoms with E-state index in [1.807, 2.05) is 0 Å². The Kier molecular flexibility index (Phi) is 3.83. The van der Waals surface area contributed by atoms with Crippen LogP contribution < -0.4 is 0 Å². The SMILES string of the molecule is O=Cc1cccc(F)c1C=CCBr. The zero-order chi connectivity index (χ0) is 9.68. The number of carbonyl (C=O) groups is 1. The van der Waals surface area contributed by atoms with Gasteiger partial charge in [0.05, 0.1) is 0 Å². The summed E-state index contributed by atoms with van der Waals surface area (Å²) in [6, 6.07) is 4.44. The largest absolute Gasteiger partial charge is 0.298 e. The third-order valence-electron chi connectivity index (χ3n) is 1.59. The van der Waals surface area contributed by atoms with Gasteiger partial charge in [-0.25, -0.2) is 4.39 Å². The average Bonchev–Trinajstić information content (AvgIpc) is 2.15. The third-order valence-corrected chi connectivity index (χ3v) is 1.96. The van der Waals surface area contributed by atoms with E-state index in [0.717, 1.165) is 0 Å². The molecule has 1 aromatic carbocycles. The number of alkyl halides is 1. The lowest BCUT2D eigenvalue weighted by Gasteiger charge is -1.99. The second-order valence-electron chi connectivity index (χ2n) is 2.42. The topological polar surface area (TPSA) is 17.1 Å². The highest BCUT2D eigenvalue weighted by Gasteiger charge is 2.02. The fraction of sp³-hybridized carbons (Fsp3) is 0.100. The van der Waals surface area contributed by atoms with Gasteiger partial charge in [0.25, 0.3) is 0 Å². The van der Waals surface area contributed by atoms with Crippen LogP contribution in [0.1, 0.15) is 15.9 Å². The average molecular weight is 243 g/mol. The van der Waals surface area contributed by atoms with Crippen molar-refractivity contribution in [3.05, 3.63) is 41.2 Å². The van der Waals surface area contributed by atoms with Crippen molar-refractivity contribution in [3.8, 4) is 0 Å². The molecule has 0 N–H and O–H groups in total. The number of allylic oxidation sites excluding steroid dienone is 1. The summed E-state index contributed by atoms with van der Waals surface area (Å²) >= 11 is 3.18. The molecule has 0 aliphatic rings. The Balaban J connectivity index is 3.14. The van der Waals surface area contributed by atoms with E-state index in [1.165, 1.54) is 12.1 Å². The van der Waals surface area contributed by atoms with Crippen LogP contribution in [0.4, 0.5) is 4.39 Å². The van der Waals surface area contributed by atoms with Gasteiger partial charge in [-0.15, -0.1) is 0 Å². The minimum Gasteiger partial charge on any atom is -0.298 e. The van der Waals surface area contributed by atoms with Crippen LogP contribution in [-0.2, 0) is 0 Å². The van der Waals surface area contributed by atoms with E-state index in [1.54, 1.807) is 18.2 Å². The second-order valence-corrected chi connectivity index (χ2v) is 3.06. The molecule has 0 spiro atoms. The summed E-state index contributed by atoms with van der Waals surface area (Å²) in [7, 11) is 0. The molecular formula is C10H8BrFO. The molecular weight excluding hydrogens is 235 g/mol. The van der Waals surface area contributed by atoms with Crippen LogP contribution in [0.5, 0.6) is 0 Å². The molecule has 1 rings (SSSR count). The van der Waals surface area contributed by atoms with Crippen molar-refractivity contribution in [2.45, 2.75) is 0 Å². The maximum atomic E-state index is 13.1. The predicted octanol–water partition coefficient (Wildman–Crippen LogP) is 3.05. The maximum Gasteiger partial charge on any atom is 0.150 e. The summed E-state index contributed by atoms with van der Waals surface area (Å²) in [5.41, 5.74) is 0.717. The van der Waals surface area contributed by atoms with Crippen LogP contribution in [0, 0.1) is 5.82 Å². The summed E-state index contributed by atoms with van der Waals surface area (Å²) in [4.78, 5) is 10.5. The number of hydrogen-bond donors (Lipinski definition) is 0. The number of aldehydes is 1. The van der Waals surface area contributed by atoms with Gasteiger partial charge >= 0.3 is 0 Å². The number of carbonyl (C=O) groups excluding carboxylic acids is 1. The van der Waals surface area contributed by atoms with E-state index in [0.29, 0.717) is 22.7 Å². The van der Waals surface area contributed by atoms with Crippen molar-refractivity contribution >= 4 is 28.3 Å². The lowest BCUT2D eigenvalue weighted by atomic mass is 10.1. The molecule has 0 aliphatic heterocycles. The summed E-state index contributed by atoms with van der Waals surface area (Å²) in [6.45, 7) is 0. The molecule has 13 heavy (non-hydrogen) atoms. The Morgan fingerprint density at radius 2 is 2.23 bits per heavy atom. The van der Waals surface area contributed by atoms with E-state index in [2.05, 4.69) is 15.9 Å². The normalized spacial score (nSPS) is 10.6. The number of benzene rings is 1. The first kappa shape index (κ1) is 10.1. The molecule has 0 saturated heterocycles. The van der Waals surface area contributed by atoms with Crippen LogP contribution >= 0.6 is 15.9 Å². The second kappa shape index (κ2) is 4.92. The molecule has 3 heteroatoms. The molecule has 0 bridgehead atoms. The number of hydrogen-bond acceptors (Lipinski definition) is 1. The standard InChI is InChI=1S/C10H8BrFO/c11-6-2-4-9-8(7-13)3-1-5-10(9)12/h1-5,7H,6H2. The van der Waals surface area contributed by atoms with Crippen molar-refractivity contribution in [3.63, 3.8) is 0 Å². The molecule has 68 valence electrons. The van der Waals surface area contributed by atoms with E-state index >= 15 is 0 Å². The molecule has 0 radical (unpaired) electrons. The summed E-state index contributed by atoms with van der Waals surface area (Å²) in [5, 5.41) is 0.639. The Bertz CT molecular complexity index is 334. The van der Waals surface area contributed by atoms with Gasteiger partial charge in [0.2, 0.25) is 0 Å². The zero-order valence-electron chi connectivity index (χ0n) is 6.84. The molecule has 0 heterocycles. The highest BCUT2D eigenvalue weighted by atomic mass is 79.9. The van der Waals surface area contributed by atoms with Gasteiger partial charge in [-0.3, -0.25) is 4.79 Å². The van der Waals surface area contributed by atoms with E-state index < -0.39 is 0 Å². The molecule has 0 fully saturated rings. The Labute approximate surface area is 84.4 Å². The van der Waals surface area contributed by atoms with Gasteiger partial charge in [0.1, 0.15) is 5.82 Å². The molecule has 0 aliphatic carbocycles. The molecule has 0 amide bonds. The fourth-order valence-electron chi connectivity index (χ4n) is 0.995. The zero-order valence-corrected chi connectivity index (χ0v) is 8.42. The van der Waals surface area contributed by atoms with Gasteiger partial charge in [0.15, 0.2) is 6.29 Å². The van der Waals surface area contributed by atoms with Crippen molar-refractivity contribution in [2.24, 2.45) is 0 Å². The molecule has 1 aromatic rings. The Hall–Kier alpha value is -0.960. The molecule has 0 aromatic heterocycles. The number of rotatable bonds is 3. The summed E-state index contributed by atoms with van der Waals surface area (Å²) < 4.78 is 13.1. The van der Waals surface area contributed by atoms with Crippen molar-refractivity contribution in [1.82, 2.24) is 0 Å². The fourth-order valence-corrected chi connectivity index (χ4v) is 1.18. The Morgan fingerprint density at radius 3 is 2.85 bits per heavy atom. The monoisotopic (exact) mass is 242 g/mol. The van der Waals surface area contributed by atoms with Gasteiger partial charge in [-0.1, -0.05) is 40.2 Å². The van der Waals surface area contributed by atoms with Crippen LogP contribution in [-0.4, -0.2) is 11.6 Å². The van der Waals surface area contributed by atoms with Crippen molar-refractivity contribution in [2.75, 3.05) is 5.33 Å². The highest BCUT2D eigenvalue weighted by molar-refractivity contribution is 9.09. The smallest absolute Gasteiger partial charge is 0.150 e. The highest BCUT2D eigenvalue weighted by Crippen LogP contribution is 2.13. The van der Waals surface area contributed by atoms with Crippen molar-refractivity contribution < 1.29 is 9.18 Å². The quantitative estimate of drug-likeness (QED) is 0.589. The lowest BCUT2D eigenvalue weighted by Crippen LogP contribution is -1.90. The van der Waals surface area contributed by atoms with Gasteiger partial charge in [0, 0.05) is 16.5 Å². The predicted molar refractivity (Wildman–Crippen MR) is 54.6 cm³/mol. The van der Waals surface area contributed by atoms with Crippen LogP contribution in [0.15, 0.2) is 24.3 Å². The van der Waals surface area contributed by atoms with Crippen LogP contribution in [0.2, 0.25) is 0 Å². The number of halogens is 2. The van der Waals surface area contributed by atoms with Crippen LogP contribution in [0.3, 0.4) is 0 Å². The minimum atomic E-state index is -0.373. The molecule has 0 atom stereocenters.